The molecule has 0 aromatic heterocycles. The lowest BCUT2D eigenvalue weighted by Gasteiger charge is -2.23. The average Bonchev–Trinajstić information content (AvgIpc) is 2.87. The van der Waals surface area contributed by atoms with Crippen LogP contribution >= 0.6 is 0 Å². The number of carbonyl (C=O) groups excluding carboxylic acids is 2. The van der Waals surface area contributed by atoms with Crippen molar-refractivity contribution in [1.82, 2.24) is 0 Å². The Morgan fingerprint density at radius 2 is 1.79 bits per heavy atom. The highest BCUT2D eigenvalue weighted by Crippen LogP contribution is 2.47. The summed E-state index contributed by atoms with van der Waals surface area (Å²) in [6, 6.07) is 0. The zero-order chi connectivity index (χ0) is 18.4. The van der Waals surface area contributed by atoms with E-state index in [1.165, 1.54) is 0 Å². The van der Waals surface area contributed by atoms with Gasteiger partial charge in [0.1, 0.15) is 8.07 Å². The van der Waals surface area contributed by atoms with E-state index in [1.807, 2.05) is 6.08 Å². The van der Waals surface area contributed by atoms with Crippen molar-refractivity contribution in [2.45, 2.75) is 46.3 Å². The molecule has 0 aromatic carbocycles. The molecule has 1 saturated carbocycles. The van der Waals surface area contributed by atoms with E-state index in [0.717, 1.165) is 5.57 Å². The lowest BCUT2D eigenvalue weighted by atomic mass is 9.85. The SMILES string of the molecule is C=CC1CC(C(=O)OCC)(C(=O)OCC)C/C1=C/C#C[Si](C)(C)C. The summed E-state index contributed by atoms with van der Waals surface area (Å²) in [5, 5.41) is 0. The first-order valence-electron chi connectivity index (χ1n) is 8.38. The van der Waals surface area contributed by atoms with Gasteiger partial charge in [-0.1, -0.05) is 37.2 Å². The molecule has 0 radical (unpaired) electrons. The summed E-state index contributed by atoms with van der Waals surface area (Å²) in [6.45, 7) is 14.3. The molecule has 4 nitrogen and oxygen atoms in total. The zero-order valence-electron chi connectivity index (χ0n) is 15.4. The van der Waals surface area contributed by atoms with Gasteiger partial charge in [-0.05, 0) is 32.8 Å². The van der Waals surface area contributed by atoms with Crippen LogP contribution < -0.4 is 0 Å². The van der Waals surface area contributed by atoms with Crippen molar-refractivity contribution in [2.75, 3.05) is 13.2 Å². The highest BCUT2D eigenvalue weighted by molar-refractivity contribution is 6.83. The van der Waals surface area contributed by atoms with E-state index < -0.39 is 25.4 Å². The number of carbonyl (C=O) groups is 2. The van der Waals surface area contributed by atoms with Crippen LogP contribution in [-0.4, -0.2) is 33.2 Å². The minimum atomic E-state index is -1.48. The molecule has 0 heterocycles. The van der Waals surface area contributed by atoms with Crippen LogP contribution in [0.4, 0.5) is 0 Å². The molecule has 0 amide bonds. The van der Waals surface area contributed by atoms with Gasteiger partial charge < -0.3 is 9.47 Å². The third kappa shape index (κ3) is 4.84. The van der Waals surface area contributed by atoms with Crippen LogP contribution in [0.3, 0.4) is 0 Å². The van der Waals surface area contributed by atoms with Crippen molar-refractivity contribution >= 4 is 20.0 Å². The lowest BCUT2D eigenvalue weighted by Crippen LogP contribution is -2.40. The monoisotopic (exact) mass is 348 g/mol. The first-order chi connectivity index (χ1) is 11.2. The number of allylic oxidation sites excluding steroid dienone is 3. The fourth-order valence-electron chi connectivity index (χ4n) is 2.73. The maximum atomic E-state index is 12.5. The van der Waals surface area contributed by atoms with Gasteiger partial charge in [0.25, 0.3) is 0 Å². The molecule has 1 fully saturated rings. The fraction of sp³-hybridized carbons (Fsp3) is 0.579. The molecule has 1 aliphatic carbocycles. The Morgan fingerprint density at radius 3 is 2.21 bits per heavy atom. The topological polar surface area (TPSA) is 52.6 Å². The normalized spacial score (nSPS) is 20.9. The van der Waals surface area contributed by atoms with Gasteiger partial charge in [-0.25, -0.2) is 0 Å². The second-order valence-corrected chi connectivity index (χ2v) is 11.7. The van der Waals surface area contributed by atoms with Crippen LogP contribution in [0.15, 0.2) is 24.3 Å². The third-order valence-electron chi connectivity index (χ3n) is 3.87. The summed E-state index contributed by atoms with van der Waals surface area (Å²) in [7, 11) is -1.48. The Morgan fingerprint density at radius 1 is 1.25 bits per heavy atom. The van der Waals surface area contributed by atoms with Gasteiger partial charge >= 0.3 is 11.9 Å². The molecule has 5 heteroatoms. The largest absolute Gasteiger partial charge is 0.465 e. The van der Waals surface area contributed by atoms with Gasteiger partial charge in [0.15, 0.2) is 5.41 Å². The molecular weight excluding hydrogens is 320 g/mol. The molecule has 1 unspecified atom stereocenters. The molecule has 24 heavy (non-hydrogen) atoms. The summed E-state index contributed by atoms with van der Waals surface area (Å²) in [5.41, 5.74) is 2.94. The first-order valence-corrected chi connectivity index (χ1v) is 11.9. The Balaban J connectivity index is 3.21. The van der Waals surface area contributed by atoms with Gasteiger partial charge in [0.05, 0.1) is 13.2 Å². The predicted octanol–water partition coefficient (Wildman–Crippen LogP) is 3.50. The number of hydrogen-bond donors (Lipinski definition) is 0. The average molecular weight is 349 g/mol. The van der Waals surface area contributed by atoms with Crippen molar-refractivity contribution in [2.24, 2.45) is 11.3 Å². The van der Waals surface area contributed by atoms with E-state index in [0.29, 0.717) is 6.42 Å². The minimum absolute atomic E-state index is 0.0743. The van der Waals surface area contributed by atoms with Gasteiger partial charge in [-0.15, -0.1) is 12.1 Å². The molecule has 0 N–H and O–H groups in total. The summed E-state index contributed by atoms with van der Waals surface area (Å²) >= 11 is 0. The lowest BCUT2D eigenvalue weighted by molar-refractivity contribution is -0.171. The second kappa shape index (κ2) is 8.34. The summed E-state index contributed by atoms with van der Waals surface area (Å²) < 4.78 is 10.3. The fourth-order valence-corrected chi connectivity index (χ4v) is 3.23. The summed E-state index contributed by atoms with van der Waals surface area (Å²) in [4.78, 5) is 25.0. The molecule has 1 rings (SSSR count). The zero-order valence-corrected chi connectivity index (χ0v) is 16.4. The molecule has 0 bridgehead atoms. The van der Waals surface area contributed by atoms with E-state index in [2.05, 4.69) is 37.7 Å². The van der Waals surface area contributed by atoms with E-state index in [1.54, 1.807) is 19.9 Å². The van der Waals surface area contributed by atoms with Crippen LogP contribution in [0.5, 0.6) is 0 Å². The number of ether oxygens (including phenoxy) is 2. The standard InChI is InChI=1S/C19H28O4Si/c1-7-15-13-19(17(20)22-8-2,18(21)23-9-3)14-16(15)11-10-12-24(4,5)6/h7,11,15H,1,8-9,13-14H2,2-6H3/b16-11-. The van der Waals surface area contributed by atoms with E-state index in [-0.39, 0.29) is 25.6 Å². The Hall–Kier alpha value is -1.80. The quantitative estimate of drug-likeness (QED) is 0.251. The molecule has 0 saturated heterocycles. The van der Waals surface area contributed by atoms with Gasteiger partial charge in [-0.2, -0.15) is 0 Å². The number of rotatable bonds is 5. The van der Waals surface area contributed by atoms with Crippen LogP contribution in [0.1, 0.15) is 26.7 Å². The third-order valence-corrected chi connectivity index (χ3v) is 4.77. The van der Waals surface area contributed by atoms with Crippen molar-refractivity contribution in [3.05, 3.63) is 24.3 Å². The van der Waals surface area contributed by atoms with Crippen molar-refractivity contribution in [3.63, 3.8) is 0 Å². The highest BCUT2D eigenvalue weighted by Gasteiger charge is 2.55. The van der Waals surface area contributed by atoms with Crippen LogP contribution in [0, 0.1) is 22.8 Å². The van der Waals surface area contributed by atoms with Gasteiger partial charge in [-0.3, -0.25) is 9.59 Å². The predicted molar refractivity (Wildman–Crippen MR) is 97.8 cm³/mol. The van der Waals surface area contributed by atoms with Gasteiger partial charge in [0, 0.05) is 5.92 Å². The van der Waals surface area contributed by atoms with Gasteiger partial charge in [0.2, 0.25) is 0 Å². The summed E-state index contributed by atoms with van der Waals surface area (Å²) in [5.74, 6) is 2.00. The Kier molecular flexibility index (Phi) is 7.03. The maximum Gasteiger partial charge on any atom is 0.323 e. The maximum absolute atomic E-state index is 12.5. The number of esters is 2. The molecule has 0 aliphatic heterocycles. The van der Waals surface area contributed by atoms with Crippen molar-refractivity contribution in [1.29, 1.82) is 0 Å². The van der Waals surface area contributed by atoms with E-state index in [4.69, 9.17) is 9.47 Å². The van der Waals surface area contributed by atoms with Crippen LogP contribution in [0.25, 0.3) is 0 Å². The minimum Gasteiger partial charge on any atom is -0.465 e. The molecule has 1 atom stereocenters. The second-order valence-electron chi connectivity index (χ2n) is 6.98. The van der Waals surface area contributed by atoms with E-state index in [9.17, 15) is 9.59 Å². The highest BCUT2D eigenvalue weighted by atomic mass is 28.3. The summed E-state index contributed by atoms with van der Waals surface area (Å²) in [6.07, 6.45) is 4.21. The molecule has 0 spiro atoms. The molecule has 0 aromatic rings. The van der Waals surface area contributed by atoms with Crippen LogP contribution in [-0.2, 0) is 19.1 Å². The Labute approximate surface area is 146 Å². The molecule has 1 aliphatic rings. The smallest absolute Gasteiger partial charge is 0.323 e. The van der Waals surface area contributed by atoms with Crippen molar-refractivity contribution in [3.8, 4) is 11.5 Å². The van der Waals surface area contributed by atoms with E-state index >= 15 is 0 Å². The first kappa shape index (κ1) is 20.2. The number of hydrogen-bond acceptors (Lipinski definition) is 4. The molecule has 132 valence electrons. The van der Waals surface area contributed by atoms with Crippen molar-refractivity contribution < 1.29 is 19.1 Å². The molecular formula is C19H28O4Si. The van der Waals surface area contributed by atoms with Crippen LogP contribution in [0.2, 0.25) is 19.6 Å². The Bertz CT molecular complexity index is 569.